The summed E-state index contributed by atoms with van der Waals surface area (Å²) in [5.74, 6) is 1.32. The molecule has 0 saturated carbocycles. The van der Waals surface area contributed by atoms with Gasteiger partial charge in [0.25, 0.3) is 0 Å². The smallest absolute Gasteiger partial charge is 0.211 e. The maximum absolute atomic E-state index is 10.7. The fourth-order valence-electron chi connectivity index (χ4n) is 2.94. The number of nitrogens with one attached hydrogen (secondary N) is 1. The molecule has 0 aliphatic carbocycles. The van der Waals surface area contributed by atoms with Crippen LogP contribution in [-0.2, 0) is 4.79 Å². The first kappa shape index (κ1) is 15.8. The first-order valence-electron chi connectivity index (χ1n) is 7.87. The predicted octanol–water partition coefficient (Wildman–Crippen LogP) is 3.24. The molecule has 1 aromatic carbocycles. The molecule has 1 amide bonds. The van der Waals surface area contributed by atoms with Gasteiger partial charge in [0.05, 0.1) is 11.8 Å². The molecular weight excluding hydrogens is 264 g/mol. The third-order valence-electron chi connectivity index (χ3n) is 4.01. The van der Waals surface area contributed by atoms with E-state index in [2.05, 4.69) is 29.3 Å². The number of hydrogen-bond acceptors (Lipinski definition) is 3. The summed E-state index contributed by atoms with van der Waals surface area (Å²) in [4.78, 5) is 13.2. The van der Waals surface area contributed by atoms with E-state index in [9.17, 15) is 4.79 Å². The number of ether oxygens (including phenoxy) is 1. The maximum Gasteiger partial charge on any atom is 0.211 e. The molecule has 4 heteroatoms. The number of hydrogen-bond donors (Lipinski definition) is 1. The average Bonchev–Trinajstić information content (AvgIpc) is 2.49. The minimum atomic E-state index is 0.0888. The molecule has 4 nitrogen and oxygen atoms in total. The summed E-state index contributed by atoms with van der Waals surface area (Å²) in [6, 6.07) is 6.16. The second-order valence-corrected chi connectivity index (χ2v) is 5.92. The highest BCUT2D eigenvalue weighted by Gasteiger charge is 2.21. The van der Waals surface area contributed by atoms with Gasteiger partial charge in [0.2, 0.25) is 6.41 Å². The molecule has 0 spiro atoms. The van der Waals surface area contributed by atoms with Crippen LogP contribution in [0.3, 0.4) is 0 Å². The van der Waals surface area contributed by atoms with E-state index in [0.29, 0.717) is 12.3 Å². The predicted molar refractivity (Wildman–Crippen MR) is 86.0 cm³/mol. The van der Waals surface area contributed by atoms with Crippen molar-refractivity contribution >= 4 is 12.1 Å². The van der Waals surface area contributed by atoms with Gasteiger partial charge in [0.1, 0.15) is 5.75 Å². The van der Waals surface area contributed by atoms with Crippen LogP contribution in [0.4, 0.5) is 5.69 Å². The number of nitrogens with zero attached hydrogens (tertiary/aromatic N) is 1. The highest BCUT2D eigenvalue weighted by Crippen LogP contribution is 2.33. The minimum Gasteiger partial charge on any atom is -0.489 e. The Bertz CT molecular complexity index is 474. The normalized spacial score (nSPS) is 19.5. The summed E-state index contributed by atoms with van der Waals surface area (Å²) in [6.07, 6.45) is 3.25. The van der Waals surface area contributed by atoms with Gasteiger partial charge >= 0.3 is 0 Å². The van der Waals surface area contributed by atoms with Crippen LogP contribution in [0, 0.1) is 0 Å². The zero-order valence-electron chi connectivity index (χ0n) is 13.3. The molecule has 1 aliphatic heterocycles. The summed E-state index contributed by atoms with van der Waals surface area (Å²) < 4.78 is 5.85. The lowest BCUT2D eigenvalue weighted by molar-refractivity contribution is -0.105. The quantitative estimate of drug-likeness (QED) is 0.818. The zero-order valence-corrected chi connectivity index (χ0v) is 13.3. The van der Waals surface area contributed by atoms with E-state index in [1.807, 2.05) is 19.9 Å². The molecule has 0 aromatic heterocycles. The Morgan fingerprint density at radius 2 is 2.29 bits per heavy atom. The van der Waals surface area contributed by atoms with Crippen LogP contribution in [0.2, 0.25) is 0 Å². The summed E-state index contributed by atoms with van der Waals surface area (Å²) in [5.41, 5.74) is 2.05. The Labute approximate surface area is 127 Å². The second-order valence-electron chi connectivity index (χ2n) is 5.92. The Hall–Kier alpha value is -1.55. The molecule has 0 radical (unpaired) electrons. The molecular formula is C17H26N2O2. The molecule has 1 saturated heterocycles. The molecule has 1 aliphatic rings. The molecule has 2 rings (SSSR count). The lowest BCUT2D eigenvalue weighted by atomic mass is 9.90. The van der Waals surface area contributed by atoms with Crippen LogP contribution in [0.5, 0.6) is 5.75 Å². The van der Waals surface area contributed by atoms with Gasteiger partial charge in [-0.15, -0.1) is 0 Å². The first-order valence-corrected chi connectivity index (χ1v) is 7.87. The van der Waals surface area contributed by atoms with Gasteiger partial charge in [0, 0.05) is 6.54 Å². The van der Waals surface area contributed by atoms with Crippen molar-refractivity contribution in [2.45, 2.75) is 45.6 Å². The van der Waals surface area contributed by atoms with Crippen LogP contribution in [0.1, 0.15) is 45.1 Å². The lowest BCUT2D eigenvalue weighted by Crippen LogP contribution is -2.34. The number of anilines is 1. The molecule has 1 atom stereocenters. The van der Waals surface area contributed by atoms with Crippen molar-refractivity contribution in [1.29, 1.82) is 0 Å². The van der Waals surface area contributed by atoms with Gasteiger partial charge < -0.3 is 15.0 Å². The van der Waals surface area contributed by atoms with Crippen molar-refractivity contribution in [1.82, 2.24) is 4.90 Å². The summed E-state index contributed by atoms with van der Waals surface area (Å²) in [6.45, 7) is 9.63. The van der Waals surface area contributed by atoms with Crippen LogP contribution >= 0.6 is 0 Å². The first-order chi connectivity index (χ1) is 10.1. The number of benzene rings is 1. The van der Waals surface area contributed by atoms with Gasteiger partial charge in [-0.05, 0) is 63.4 Å². The molecule has 1 N–H and O–H groups in total. The topological polar surface area (TPSA) is 41.6 Å². The van der Waals surface area contributed by atoms with Gasteiger partial charge in [-0.2, -0.15) is 0 Å². The number of likely N-dealkylation sites (tertiary alicyclic amines) is 1. The Kier molecular flexibility index (Phi) is 5.62. The highest BCUT2D eigenvalue weighted by atomic mass is 16.5. The van der Waals surface area contributed by atoms with E-state index >= 15 is 0 Å². The van der Waals surface area contributed by atoms with Gasteiger partial charge in [-0.3, -0.25) is 4.79 Å². The van der Waals surface area contributed by atoms with Crippen molar-refractivity contribution in [3.8, 4) is 5.75 Å². The number of likely N-dealkylation sites (N-methyl/N-ethyl adjacent to an activating group) is 1. The van der Waals surface area contributed by atoms with E-state index in [4.69, 9.17) is 4.74 Å². The molecule has 0 unspecified atom stereocenters. The van der Waals surface area contributed by atoms with E-state index in [0.717, 1.165) is 24.5 Å². The van der Waals surface area contributed by atoms with Crippen molar-refractivity contribution in [2.24, 2.45) is 0 Å². The van der Waals surface area contributed by atoms with E-state index in [-0.39, 0.29) is 6.10 Å². The van der Waals surface area contributed by atoms with Gasteiger partial charge in [-0.25, -0.2) is 0 Å². The molecule has 21 heavy (non-hydrogen) atoms. The fraction of sp³-hybridized carbons (Fsp3) is 0.588. The van der Waals surface area contributed by atoms with Crippen LogP contribution < -0.4 is 10.1 Å². The third kappa shape index (κ3) is 4.21. The minimum absolute atomic E-state index is 0.0888. The number of amides is 1. The summed E-state index contributed by atoms with van der Waals surface area (Å²) >= 11 is 0. The van der Waals surface area contributed by atoms with Gasteiger partial charge in [-0.1, -0.05) is 13.0 Å². The van der Waals surface area contributed by atoms with Crippen molar-refractivity contribution in [3.63, 3.8) is 0 Å². The largest absolute Gasteiger partial charge is 0.489 e. The molecule has 0 bridgehead atoms. The number of carbonyl (C=O) groups excluding carboxylic acids is 1. The van der Waals surface area contributed by atoms with E-state index in [1.165, 1.54) is 24.9 Å². The average molecular weight is 290 g/mol. The second kappa shape index (κ2) is 7.46. The molecule has 1 fully saturated rings. The van der Waals surface area contributed by atoms with Crippen molar-refractivity contribution in [3.05, 3.63) is 23.8 Å². The van der Waals surface area contributed by atoms with E-state index in [1.54, 1.807) is 0 Å². The summed E-state index contributed by atoms with van der Waals surface area (Å²) in [7, 11) is 0. The van der Waals surface area contributed by atoms with Crippen molar-refractivity contribution in [2.75, 3.05) is 25.0 Å². The Balaban J connectivity index is 2.21. The Morgan fingerprint density at radius 3 is 2.95 bits per heavy atom. The maximum atomic E-state index is 10.7. The fourth-order valence-corrected chi connectivity index (χ4v) is 2.94. The van der Waals surface area contributed by atoms with Crippen LogP contribution in [0.25, 0.3) is 0 Å². The number of carbonyl (C=O) groups is 1. The van der Waals surface area contributed by atoms with Crippen molar-refractivity contribution < 1.29 is 9.53 Å². The lowest BCUT2D eigenvalue weighted by Gasteiger charge is -2.32. The Morgan fingerprint density at radius 1 is 1.48 bits per heavy atom. The third-order valence-corrected chi connectivity index (χ3v) is 4.01. The standard InChI is InChI=1S/C17H26N2O2/c1-4-19-9-5-6-15(11-19)14-7-8-16(18-12-20)17(10-14)21-13(2)3/h7-8,10,12-13,15H,4-6,9,11H2,1-3H3,(H,18,20)/t15-/m0/s1. The highest BCUT2D eigenvalue weighted by molar-refractivity contribution is 5.75. The van der Waals surface area contributed by atoms with Gasteiger partial charge in [0.15, 0.2) is 0 Å². The monoisotopic (exact) mass is 290 g/mol. The van der Waals surface area contributed by atoms with E-state index < -0.39 is 0 Å². The van der Waals surface area contributed by atoms with Crippen LogP contribution in [0.15, 0.2) is 18.2 Å². The summed E-state index contributed by atoms with van der Waals surface area (Å²) in [5, 5.41) is 2.72. The SMILES string of the molecule is CCN1CCC[C@H](c2ccc(NC=O)c(OC(C)C)c2)C1. The number of piperidine rings is 1. The van der Waals surface area contributed by atoms with Crippen LogP contribution in [-0.4, -0.2) is 37.0 Å². The molecule has 116 valence electrons. The zero-order chi connectivity index (χ0) is 15.2. The number of rotatable bonds is 6. The molecule has 1 heterocycles. The molecule has 1 aromatic rings.